The summed E-state index contributed by atoms with van der Waals surface area (Å²) < 4.78 is 17.0. The van der Waals surface area contributed by atoms with Crippen LogP contribution in [-0.2, 0) is 9.53 Å². The second kappa shape index (κ2) is 6.99. The summed E-state index contributed by atoms with van der Waals surface area (Å²) in [5.74, 6) is -0.678. The number of hydrogen-bond donors (Lipinski definition) is 0. The van der Waals surface area contributed by atoms with Crippen LogP contribution in [0, 0.1) is 0 Å². The van der Waals surface area contributed by atoms with E-state index in [9.17, 15) is 9.18 Å². The third kappa shape index (κ3) is 3.72. The van der Waals surface area contributed by atoms with Crippen molar-refractivity contribution in [3.8, 4) is 0 Å². The summed E-state index contributed by atoms with van der Waals surface area (Å²) in [5, 5.41) is 0. The van der Waals surface area contributed by atoms with Crippen LogP contribution in [0.5, 0.6) is 0 Å². The smallest absolute Gasteiger partial charge is 0.313 e. The fraction of sp³-hybridized carbons (Fsp3) is 0.500. The normalized spacial score (nSPS) is 12.0. The molecule has 18 heavy (non-hydrogen) atoms. The van der Waals surface area contributed by atoms with E-state index in [4.69, 9.17) is 4.74 Å². The number of alkyl halides is 1. The predicted molar refractivity (Wildman–Crippen MR) is 70.7 cm³/mol. The number of halogens is 1. The minimum atomic E-state index is -0.413. The largest absolute Gasteiger partial charge is 0.469 e. The van der Waals surface area contributed by atoms with Crippen molar-refractivity contribution in [1.29, 1.82) is 0 Å². The van der Waals surface area contributed by atoms with Gasteiger partial charge in [0.05, 0.1) is 19.7 Å². The first kappa shape index (κ1) is 14.5. The Morgan fingerprint density at radius 3 is 2.39 bits per heavy atom. The zero-order valence-corrected chi connectivity index (χ0v) is 11.1. The standard InChI is InChI=1S/C14H20FNO2/c1-16(2)12-8-6-11(7-9-12)13(5-4-10-15)14(17)18-3/h6-9,13H,4-5,10H2,1-3H3. The minimum absolute atomic E-state index is 0.305. The Labute approximate surface area is 108 Å². The highest BCUT2D eigenvalue weighted by Gasteiger charge is 2.20. The molecule has 1 unspecified atom stereocenters. The number of carbonyl (C=O) groups is 1. The van der Waals surface area contributed by atoms with Crippen LogP contribution in [0.4, 0.5) is 10.1 Å². The maximum absolute atomic E-state index is 12.2. The van der Waals surface area contributed by atoms with E-state index in [1.807, 2.05) is 43.3 Å². The van der Waals surface area contributed by atoms with Crippen molar-refractivity contribution in [2.45, 2.75) is 18.8 Å². The summed E-state index contributed by atoms with van der Waals surface area (Å²) in [6.07, 6.45) is 0.847. The lowest BCUT2D eigenvalue weighted by molar-refractivity contribution is -0.142. The first-order valence-corrected chi connectivity index (χ1v) is 6.01. The van der Waals surface area contributed by atoms with Gasteiger partial charge in [0.25, 0.3) is 0 Å². The number of anilines is 1. The molecule has 3 nitrogen and oxygen atoms in total. The van der Waals surface area contributed by atoms with Gasteiger partial charge < -0.3 is 9.64 Å². The molecule has 1 atom stereocenters. The van der Waals surface area contributed by atoms with Crippen molar-refractivity contribution in [2.75, 3.05) is 32.8 Å². The van der Waals surface area contributed by atoms with Crippen LogP contribution in [0.15, 0.2) is 24.3 Å². The van der Waals surface area contributed by atoms with Crippen LogP contribution >= 0.6 is 0 Å². The second-order valence-corrected chi connectivity index (χ2v) is 4.39. The van der Waals surface area contributed by atoms with Gasteiger partial charge in [-0.2, -0.15) is 0 Å². The average Bonchev–Trinajstić information content (AvgIpc) is 2.39. The topological polar surface area (TPSA) is 29.5 Å². The average molecular weight is 253 g/mol. The highest BCUT2D eigenvalue weighted by Crippen LogP contribution is 2.25. The molecule has 100 valence electrons. The number of esters is 1. The van der Waals surface area contributed by atoms with E-state index in [0.29, 0.717) is 12.8 Å². The Bertz CT molecular complexity index is 376. The number of methoxy groups -OCH3 is 1. The van der Waals surface area contributed by atoms with Gasteiger partial charge in [-0.05, 0) is 30.5 Å². The van der Waals surface area contributed by atoms with Gasteiger partial charge >= 0.3 is 5.97 Å². The van der Waals surface area contributed by atoms with Crippen molar-refractivity contribution in [1.82, 2.24) is 0 Å². The molecule has 0 saturated heterocycles. The minimum Gasteiger partial charge on any atom is -0.469 e. The second-order valence-electron chi connectivity index (χ2n) is 4.39. The van der Waals surface area contributed by atoms with Crippen molar-refractivity contribution in [3.63, 3.8) is 0 Å². The van der Waals surface area contributed by atoms with Gasteiger partial charge in [-0.1, -0.05) is 12.1 Å². The Kier molecular flexibility index (Phi) is 5.62. The molecule has 1 aromatic carbocycles. The third-order valence-electron chi connectivity index (χ3n) is 2.92. The maximum Gasteiger partial charge on any atom is 0.313 e. The van der Waals surface area contributed by atoms with Gasteiger partial charge in [-0.25, -0.2) is 0 Å². The van der Waals surface area contributed by atoms with E-state index in [1.165, 1.54) is 7.11 Å². The molecule has 0 saturated carbocycles. The molecule has 4 heteroatoms. The maximum atomic E-state index is 12.2. The molecule has 0 aliphatic rings. The van der Waals surface area contributed by atoms with Crippen molar-refractivity contribution in [2.24, 2.45) is 0 Å². The van der Waals surface area contributed by atoms with Gasteiger partial charge in [0.1, 0.15) is 0 Å². The number of benzene rings is 1. The van der Waals surface area contributed by atoms with E-state index in [0.717, 1.165) is 11.3 Å². The lowest BCUT2D eigenvalue weighted by atomic mass is 9.94. The van der Waals surface area contributed by atoms with Crippen LogP contribution in [0.1, 0.15) is 24.3 Å². The SMILES string of the molecule is COC(=O)C(CCCF)c1ccc(N(C)C)cc1. The van der Waals surface area contributed by atoms with E-state index in [-0.39, 0.29) is 11.9 Å². The number of hydrogen-bond acceptors (Lipinski definition) is 3. The van der Waals surface area contributed by atoms with Gasteiger partial charge in [-0.3, -0.25) is 9.18 Å². The van der Waals surface area contributed by atoms with E-state index in [2.05, 4.69) is 0 Å². The van der Waals surface area contributed by atoms with Crippen LogP contribution in [0.3, 0.4) is 0 Å². The molecule has 0 bridgehead atoms. The quantitative estimate of drug-likeness (QED) is 0.730. The van der Waals surface area contributed by atoms with Crippen LogP contribution in [-0.4, -0.2) is 33.8 Å². The molecule has 0 N–H and O–H groups in total. The molecule has 0 spiro atoms. The monoisotopic (exact) mass is 253 g/mol. The Hall–Kier alpha value is -1.58. The van der Waals surface area contributed by atoms with Gasteiger partial charge in [0.15, 0.2) is 0 Å². The lowest BCUT2D eigenvalue weighted by Crippen LogP contribution is -2.15. The van der Waals surface area contributed by atoms with Gasteiger partial charge in [0, 0.05) is 19.8 Å². The van der Waals surface area contributed by atoms with E-state index in [1.54, 1.807) is 0 Å². The summed E-state index contributed by atoms with van der Waals surface area (Å²) in [5.41, 5.74) is 1.94. The highest BCUT2D eigenvalue weighted by atomic mass is 19.1. The number of ether oxygens (including phenoxy) is 1. The zero-order valence-electron chi connectivity index (χ0n) is 11.1. The molecular weight excluding hydrogens is 233 g/mol. The van der Waals surface area contributed by atoms with Gasteiger partial charge in [0.2, 0.25) is 0 Å². The molecule has 1 rings (SSSR count). The van der Waals surface area contributed by atoms with Crippen LogP contribution in [0.25, 0.3) is 0 Å². The summed E-state index contributed by atoms with van der Waals surface area (Å²) in [6.45, 7) is -0.413. The summed E-state index contributed by atoms with van der Waals surface area (Å²) in [7, 11) is 5.27. The summed E-state index contributed by atoms with van der Waals surface area (Å²) >= 11 is 0. The Morgan fingerprint density at radius 2 is 1.94 bits per heavy atom. The molecule has 0 radical (unpaired) electrons. The first-order chi connectivity index (χ1) is 8.60. The van der Waals surface area contributed by atoms with Crippen molar-refractivity contribution >= 4 is 11.7 Å². The third-order valence-corrected chi connectivity index (χ3v) is 2.92. The Morgan fingerprint density at radius 1 is 1.33 bits per heavy atom. The molecule has 0 aromatic heterocycles. The number of nitrogens with zero attached hydrogens (tertiary/aromatic N) is 1. The van der Waals surface area contributed by atoms with Crippen LogP contribution < -0.4 is 4.90 Å². The molecule has 0 heterocycles. The highest BCUT2D eigenvalue weighted by molar-refractivity contribution is 5.78. The summed E-state index contributed by atoms with van der Waals surface area (Å²) in [6, 6.07) is 7.69. The summed E-state index contributed by atoms with van der Waals surface area (Å²) in [4.78, 5) is 13.7. The van der Waals surface area contributed by atoms with Gasteiger partial charge in [-0.15, -0.1) is 0 Å². The van der Waals surface area contributed by atoms with E-state index >= 15 is 0 Å². The molecule has 0 aliphatic heterocycles. The zero-order chi connectivity index (χ0) is 13.5. The molecule has 1 aromatic rings. The lowest BCUT2D eigenvalue weighted by Gasteiger charge is -2.17. The Balaban J connectivity index is 2.87. The first-order valence-electron chi connectivity index (χ1n) is 6.01. The predicted octanol–water partition coefficient (Wildman–Crippen LogP) is 2.76. The van der Waals surface area contributed by atoms with E-state index < -0.39 is 6.67 Å². The fourth-order valence-electron chi connectivity index (χ4n) is 1.85. The molecular formula is C14H20FNO2. The molecule has 0 fully saturated rings. The number of carbonyl (C=O) groups excluding carboxylic acids is 1. The molecule has 0 aliphatic carbocycles. The van der Waals surface area contributed by atoms with Crippen LogP contribution in [0.2, 0.25) is 0 Å². The fourth-order valence-corrected chi connectivity index (χ4v) is 1.85. The van der Waals surface area contributed by atoms with Crippen molar-refractivity contribution in [3.05, 3.63) is 29.8 Å². The number of rotatable bonds is 6. The molecule has 0 amide bonds. The van der Waals surface area contributed by atoms with Crippen molar-refractivity contribution < 1.29 is 13.9 Å².